The van der Waals surface area contributed by atoms with Crippen LogP contribution < -0.4 is 11.0 Å². The van der Waals surface area contributed by atoms with Crippen LogP contribution in [0.3, 0.4) is 0 Å². The lowest BCUT2D eigenvalue weighted by atomic mass is 9.95. The summed E-state index contributed by atoms with van der Waals surface area (Å²) in [6, 6.07) is 7.55. The van der Waals surface area contributed by atoms with Crippen molar-refractivity contribution in [3.8, 4) is 11.6 Å². The highest BCUT2D eigenvalue weighted by Crippen LogP contribution is 2.37. The monoisotopic (exact) mass is 478 g/mol. The summed E-state index contributed by atoms with van der Waals surface area (Å²) in [7, 11) is 0. The van der Waals surface area contributed by atoms with Crippen LogP contribution in [-0.4, -0.2) is 30.8 Å². The van der Waals surface area contributed by atoms with Gasteiger partial charge in [-0.1, -0.05) is 19.3 Å². The lowest BCUT2D eigenvalue weighted by molar-refractivity contribution is -0.0328. The fourth-order valence-corrected chi connectivity index (χ4v) is 4.72. The predicted octanol–water partition coefficient (Wildman–Crippen LogP) is 5.45. The summed E-state index contributed by atoms with van der Waals surface area (Å²) in [5, 5.41) is 14.2. The molecule has 1 saturated carbocycles. The zero-order valence-corrected chi connectivity index (χ0v) is 18.9. The van der Waals surface area contributed by atoms with Gasteiger partial charge < -0.3 is 10.4 Å². The Morgan fingerprint density at radius 1 is 1.15 bits per heavy atom. The van der Waals surface area contributed by atoms with Gasteiger partial charge in [0.15, 0.2) is 0 Å². The van der Waals surface area contributed by atoms with Crippen LogP contribution in [0.4, 0.5) is 18.9 Å². The molecule has 2 aromatic heterocycles. The number of thioether (sulfide) groups is 1. The zero-order chi connectivity index (χ0) is 23.6. The van der Waals surface area contributed by atoms with E-state index in [0.29, 0.717) is 17.4 Å². The molecule has 0 bridgehead atoms. The minimum absolute atomic E-state index is 0.00478. The average molecular weight is 479 g/mol. The van der Waals surface area contributed by atoms with Crippen LogP contribution in [0.2, 0.25) is 0 Å². The molecular weight excluding hydrogens is 453 g/mol. The largest absolute Gasteiger partial charge is 0.493 e. The average Bonchev–Trinajstić information content (AvgIpc) is 2.98. The fourth-order valence-electron chi connectivity index (χ4n) is 4.18. The third kappa shape index (κ3) is 5.38. The Hall–Kier alpha value is -2.88. The Labute approximate surface area is 193 Å². The normalized spacial score (nSPS) is 15.0. The number of nitrogens with one attached hydrogen (secondary N) is 1. The van der Waals surface area contributed by atoms with Crippen molar-refractivity contribution in [2.45, 2.75) is 62.0 Å². The summed E-state index contributed by atoms with van der Waals surface area (Å²) < 4.78 is 40.3. The lowest BCUT2D eigenvalue weighted by Gasteiger charge is -2.25. The number of pyridine rings is 1. The minimum Gasteiger partial charge on any atom is -0.493 e. The first-order valence-electron chi connectivity index (χ1n) is 10.8. The number of halogens is 3. The van der Waals surface area contributed by atoms with Crippen molar-refractivity contribution in [1.82, 2.24) is 14.1 Å². The fraction of sp³-hybridized carbons (Fsp3) is 0.391. The Morgan fingerprint density at radius 3 is 2.52 bits per heavy atom. The van der Waals surface area contributed by atoms with Crippen LogP contribution in [0.15, 0.2) is 52.4 Å². The molecule has 176 valence electrons. The van der Waals surface area contributed by atoms with E-state index in [0.717, 1.165) is 28.7 Å². The number of benzene rings is 1. The van der Waals surface area contributed by atoms with Crippen LogP contribution >= 0.6 is 11.8 Å². The van der Waals surface area contributed by atoms with Crippen molar-refractivity contribution in [3.05, 3.63) is 64.5 Å². The van der Waals surface area contributed by atoms with Crippen molar-refractivity contribution in [2.75, 3.05) is 5.32 Å². The molecule has 0 radical (unpaired) electrons. The number of aromatic nitrogens is 3. The maximum absolute atomic E-state index is 13.2. The Kier molecular flexibility index (Phi) is 6.73. The molecule has 2 N–H and O–H groups in total. The second-order valence-electron chi connectivity index (χ2n) is 8.17. The minimum atomic E-state index is -4.39. The first-order chi connectivity index (χ1) is 15.7. The Morgan fingerprint density at radius 2 is 1.85 bits per heavy atom. The van der Waals surface area contributed by atoms with Crippen LogP contribution in [0.25, 0.3) is 5.69 Å². The van der Waals surface area contributed by atoms with Crippen LogP contribution in [0.1, 0.15) is 43.4 Å². The molecule has 0 aliphatic heterocycles. The van der Waals surface area contributed by atoms with Crippen molar-refractivity contribution in [1.29, 1.82) is 0 Å². The number of imidazole rings is 1. The molecule has 1 aromatic carbocycles. The molecule has 0 spiro atoms. The molecule has 0 atom stereocenters. The third-order valence-corrected chi connectivity index (χ3v) is 6.63. The topological polar surface area (TPSA) is 72.1 Å². The maximum atomic E-state index is 13.2. The molecule has 33 heavy (non-hydrogen) atoms. The van der Waals surface area contributed by atoms with Crippen molar-refractivity contribution < 1.29 is 18.3 Å². The predicted molar refractivity (Wildman–Crippen MR) is 122 cm³/mol. The van der Waals surface area contributed by atoms with E-state index in [1.165, 1.54) is 48.1 Å². The Balaban J connectivity index is 1.61. The number of nitrogens with zero attached hydrogens (tertiary/aromatic N) is 3. The van der Waals surface area contributed by atoms with Crippen molar-refractivity contribution in [3.63, 3.8) is 0 Å². The number of hydrogen-bond acceptors (Lipinski definition) is 5. The van der Waals surface area contributed by atoms with Gasteiger partial charge in [0.2, 0.25) is 5.88 Å². The Bertz CT molecular complexity index is 1170. The highest BCUT2D eigenvalue weighted by atomic mass is 32.2. The van der Waals surface area contributed by atoms with E-state index in [9.17, 15) is 23.1 Å². The van der Waals surface area contributed by atoms with E-state index in [1.54, 1.807) is 19.3 Å². The van der Waals surface area contributed by atoms with Gasteiger partial charge in [0.25, 0.3) is 0 Å². The van der Waals surface area contributed by atoms with Gasteiger partial charge in [0.05, 0.1) is 29.8 Å². The summed E-state index contributed by atoms with van der Waals surface area (Å²) >= 11 is -0.229. The van der Waals surface area contributed by atoms with Crippen LogP contribution in [0.5, 0.6) is 5.88 Å². The number of alkyl halides is 3. The molecule has 6 nitrogen and oxygen atoms in total. The SMILES string of the molecule is Cc1c(O)n(-c2ccc(SC(F)(F)F)cc2)c(=O)n1Cc1ccncc1NC1CCCCC1. The van der Waals surface area contributed by atoms with Crippen molar-refractivity contribution in [2.24, 2.45) is 0 Å². The quantitative estimate of drug-likeness (QED) is 0.461. The second-order valence-corrected chi connectivity index (χ2v) is 9.31. The van der Waals surface area contributed by atoms with E-state index in [1.807, 2.05) is 6.07 Å². The van der Waals surface area contributed by atoms with Crippen LogP contribution in [0, 0.1) is 6.92 Å². The number of anilines is 1. The van der Waals surface area contributed by atoms with Gasteiger partial charge in [0.1, 0.15) is 0 Å². The number of aromatic hydroxyl groups is 1. The molecule has 1 fully saturated rings. The summed E-state index contributed by atoms with van der Waals surface area (Å²) in [5.74, 6) is -0.243. The van der Waals surface area contributed by atoms with Gasteiger partial charge in [-0.15, -0.1) is 0 Å². The summed E-state index contributed by atoms with van der Waals surface area (Å²) in [5.41, 5.74) is -2.47. The molecule has 0 unspecified atom stereocenters. The molecule has 0 amide bonds. The molecule has 4 rings (SSSR count). The highest BCUT2D eigenvalue weighted by Gasteiger charge is 2.29. The van der Waals surface area contributed by atoms with Gasteiger partial charge in [-0.2, -0.15) is 13.2 Å². The number of rotatable bonds is 6. The van der Waals surface area contributed by atoms with Gasteiger partial charge in [-0.05, 0) is 67.4 Å². The van der Waals surface area contributed by atoms with Gasteiger partial charge in [-0.25, -0.2) is 9.36 Å². The standard InChI is InChI=1S/C23H25F3N4O2S/c1-15-21(31)30(18-7-9-19(10-8-18)33-23(24,25)26)22(32)29(15)14-16-11-12-27-13-20(16)28-17-5-3-2-4-6-17/h7-13,17,28,31H,2-6,14H2,1H3. The third-order valence-electron chi connectivity index (χ3n) is 5.90. The second kappa shape index (κ2) is 9.54. The molecule has 2 heterocycles. The molecule has 3 aromatic rings. The van der Waals surface area contributed by atoms with Gasteiger partial charge in [0, 0.05) is 17.1 Å². The van der Waals surface area contributed by atoms with E-state index >= 15 is 0 Å². The van der Waals surface area contributed by atoms with Crippen LogP contribution in [-0.2, 0) is 6.54 Å². The first kappa shape index (κ1) is 23.3. The van der Waals surface area contributed by atoms with Gasteiger partial charge in [-0.3, -0.25) is 9.55 Å². The lowest BCUT2D eigenvalue weighted by Crippen LogP contribution is -2.26. The summed E-state index contributed by atoms with van der Waals surface area (Å²) in [4.78, 5) is 17.4. The molecule has 10 heteroatoms. The first-order valence-corrected chi connectivity index (χ1v) is 11.6. The van der Waals surface area contributed by atoms with E-state index in [-0.39, 0.29) is 29.1 Å². The smallest absolute Gasteiger partial charge is 0.446 e. The zero-order valence-electron chi connectivity index (χ0n) is 18.1. The summed E-state index contributed by atoms with van der Waals surface area (Å²) in [6.45, 7) is 1.86. The van der Waals surface area contributed by atoms with E-state index in [2.05, 4.69) is 10.3 Å². The molecular formula is C23H25F3N4O2S. The maximum Gasteiger partial charge on any atom is 0.446 e. The molecule has 0 saturated heterocycles. The van der Waals surface area contributed by atoms with E-state index in [4.69, 9.17) is 0 Å². The summed E-state index contributed by atoms with van der Waals surface area (Å²) in [6.07, 6.45) is 9.20. The van der Waals surface area contributed by atoms with Gasteiger partial charge >= 0.3 is 11.2 Å². The molecule has 1 aliphatic carbocycles. The number of hydrogen-bond donors (Lipinski definition) is 2. The highest BCUT2D eigenvalue weighted by molar-refractivity contribution is 8.00. The molecule has 1 aliphatic rings. The van der Waals surface area contributed by atoms with E-state index < -0.39 is 11.2 Å². The van der Waals surface area contributed by atoms with Crippen molar-refractivity contribution >= 4 is 17.4 Å².